The normalized spacial score (nSPS) is 17.0. The number of hydrogen-bond acceptors (Lipinski definition) is 5. The Labute approximate surface area is 137 Å². The van der Waals surface area contributed by atoms with Crippen molar-refractivity contribution in [2.45, 2.75) is 18.9 Å². The van der Waals surface area contributed by atoms with E-state index < -0.39 is 9.84 Å². The summed E-state index contributed by atoms with van der Waals surface area (Å²) < 4.78 is 27.5. The van der Waals surface area contributed by atoms with Gasteiger partial charge in [-0.15, -0.1) is 0 Å². The molecule has 7 heteroatoms. The van der Waals surface area contributed by atoms with Gasteiger partial charge in [-0.05, 0) is 31.0 Å². The molecule has 0 saturated carbocycles. The van der Waals surface area contributed by atoms with Crippen LogP contribution in [0.1, 0.15) is 23.2 Å². The molecular formula is C16H24N2O4S. The van der Waals surface area contributed by atoms with E-state index in [2.05, 4.69) is 10.2 Å². The minimum Gasteiger partial charge on any atom is -0.497 e. The maximum atomic E-state index is 12.3. The van der Waals surface area contributed by atoms with Crippen LogP contribution in [0.4, 0.5) is 0 Å². The van der Waals surface area contributed by atoms with E-state index in [0.717, 1.165) is 25.9 Å². The molecule has 2 rings (SSSR count). The van der Waals surface area contributed by atoms with Crippen molar-refractivity contribution in [1.82, 2.24) is 10.2 Å². The lowest BCUT2D eigenvalue weighted by Gasteiger charge is -2.32. The third kappa shape index (κ3) is 5.84. The van der Waals surface area contributed by atoms with Crippen LogP contribution in [0, 0.1) is 0 Å². The number of amides is 1. The monoisotopic (exact) mass is 340 g/mol. The van der Waals surface area contributed by atoms with E-state index in [1.54, 1.807) is 31.4 Å². The zero-order valence-corrected chi connectivity index (χ0v) is 14.4. The van der Waals surface area contributed by atoms with Gasteiger partial charge >= 0.3 is 0 Å². The molecule has 1 aliphatic rings. The molecule has 0 atom stereocenters. The standard InChI is InChI=1S/C16H24N2O4S/c1-22-15-5-3-4-13(12-15)16(19)17-14-6-8-18(9-7-14)10-11-23(2,20)21/h3-5,12,14H,6-11H2,1-2H3,(H,17,19). The lowest BCUT2D eigenvalue weighted by Crippen LogP contribution is -2.45. The number of hydrogen-bond donors (Lipinski definition) is 1. The van der Waals surface area contributed by atoms with Crippen LogP contribution in [0.15, 0.2) is 24.3 Å². The molecular weight excluding hydrogens is 316 g/mol. The second kappa shape index (κ2) is 7.79. The molecule has 1 aliphatic heterocycles. The molecule has 1 N–H and O–H groups in total. The highest BCUT2D eigenvalue weighted by atomic mass is 32.2. The topological polar surface area (TPSA) is 75.7 Å². The number of carbonyl (C=O) groups excluding carboxylic acids is 1. The van der Waals surface area contributed by atoms with Gasteiger partial charge < -0.3 is 15.0 Å². The van der Waals surface area contributed by atoms with Crippen molar-refractivity contribution in [2.24, 2.45) is 0 Å². The number of nitrogens with zero attached hydrogens (tertiary/aromatic N) is 1. The second-order valence-corrected chi connectivity index (χ2v) is 8.21. The van der Waals surface area contributed by atoms with Crippen molar-refractivity contribution in [3.05, 3.63) is 29.8 Å². The summed E-state index contributed by atoms with van der Waals surface area (Å²) in [5, 5.41) is 3.04. The molecule has 0 aromatic heterocycles. The van der Waals surface area contributed by atoms with Gasteiger partial charge in [-0.3, -0.25) is 4.79 Å². The highest BCUT2D eigenvalue weighted by Crippen LogP contribution is 2.14. The smallest absolute Gasteiger partial charge is 0.251 e. The molecule has 0 radical (unpaired) electrons. The summed E-state index contributed by atoms with van der Waals surface area (Å²) in [7, 11) is -1.35. The average Bonchev–Trinajstić information content (AvgIpc) is 2.53. The Morgan fingerprint density at radius 2 is 2.04 bits per heavy atom. The quantitative estimate of drug-likeness (QED) is 0.834. The molecule has 1 heterocycles. The van der Waals surface area contributed by atoms with Crippen LogP contribution in [0.5, 0.6) is 5.75 Å². The first kappa shape index (κ1) is 17.7. The van der Waals surface area contributed by atoms with E-state index in [-0.39, 0.29) is 17.7 Å². The summed E-state index contributed by atoms with van der Waals surface area (Å²) >= 11 is 0. The summed E-state index contributed by atoms with van der Waals surface area (Å²) in [4.78, 5) is 14.4. The molecule has 1 saturated heterocycles. The lowest BCUT2D eigenvalue weighted by molar-refractivity contribution is 0.0912. The maximum absolute atomic E-state index is 12.3. The third-order valence-corrected chi connectivity index (χ3v) is 4.96. The molecule has 1 amide bonds. The van der Waals surface area contributed by atoms with E-state index in [0.29, 0.717) is 17.9 Å². The molecule has 128 valence electrons. The van der Waals surface area contributed by atoms with Crippen LogP contribution in [0.3, 0.4) is 0 Å². The SMILES string of the molecule is COc1cccc(C(=O)NC2CCN(CCS(C)(=O)=O)CC2)c1. The van der Waals surface area contributed by atoms with Crippen LogP contribution in [0.25, 0.3) is 0 Å². The number of likely N-dealkylation sites (tertiary alicyclic amines) is 1. The first-order valence-electron chi connectivity index (χ1n) is 7.72. The fraction of sp³-hybridized carbons (Fsp3) is 0.562. The van der Waals surface area contributed by atoms with E-state index >= 15 is 0 Å². The Bertz CT molecular complexity index is 637. The van der Waals surface area contributed by atoms with Gasteiger partial charge in [0.15, 0.2) is 0 Å². The first-order valence-corrected chi connectivity index (χ1v) is 9.78. The van der Waals surface area contributed by atoms with Gasteiger partial charge in [0.25, 0.3) is 5.91 Å². The Hall–Kier alpha value is -1.60. The van der Waals surface area contributed by atoms with Gasteiger partial charge in [-0.1, -0.05) is 6.07 Å². The van der Waals surface area contributed by atoms with Crippen LogP contribution < -0.4 is 10.1 Å². The number of nitrogens with one attached hydrogen (secondary N) is 1. The molecule has 0 aliphatic carbocycles. The zero-order valence-electron chi connectivity index (χ0n) is 13.6. The average molecular weight is 340 g/mol. The largest absolute Gasteiger partial charge is 0.497 e. The van der Waals surface area contributed by atoms with Crippen LogP contribution in [-0.2, 0) is 9.84 Å². The van der Waals surface area contributed by atoms with Gasteiger partial charge in [0.05, 0.1) is 12.9 Å². The molecule has 0 bridgehead atoms. The van der Waals surface area contributed by atoms with Crippen LogP contribution >= 0.6 is 0 Å². The van der Waals surface area contributed by atoms with E-state index in [4.69, 9.17) is 4.74 Å². The fourth-order valence-corrected chi connectivity index (χ4v) is 3.22. The fourth-order valence-electron chi connectivity index (χ4n) is 2.63. The van der Waals surface area contributed by atoms with Crippen molar-refractivity contribution in [3.8, 4) is 5.75 Å². The Balaban J connectivity index is 1.80. The molecule has 23 heavy (non-hydrogen) atoms. The van der Waals surface area contributed by atoms with Gasteiger partial charge in [0.1, 0.15) is 15.6 Å². The van der Waals surface area contributed by atoms with Crippen molar-refractivity contribution in [2.75, 3.05) is 38.8 Å². The number of rotatable bonds is 6. The van der Waals surface area contributed by atoms with Crippen LogP contribution in [0.2, 0.25) is 0 Å². The maximum Gasteiger partial charge on any atom is 0.251 e. The molecule has 1 aromatic rings. The number of ether oxygens (including phenoxy) is 1. The second-order valence-electron chi connectivity index (χ2n) is 5.95. The number of piperidine rings is 1. The number of carbonyl (C=O) groups is 1. The lowest BCUT2D eigenvalue weighted by atomic mass is 10.0. The molecule has 0 unspecified atom stereocenters. The summed E-state index contributed by atoms with van der Waals surface area (Å²) in [6, 6.07) is 7.21. The van der Waals surface area contributed by atoms with Gasteiger partial charge in [-0.25, -0.2) is 8.42 Å². The predicted octanol–water partition coefficient (Wildman–Crippen LogP) is 0.934. The van der Waals surface area contributed by atoms with E-state index in [1.807, 2.05) is 0 Å². The van der Waals surface area contributed by atoms with Crippen LogP contribution in [-0.4, -0.2) is 64.0 Å². The highest BCUT2D eigenvalue weighted by Gasteiger charge is 2.21. The van der Waals surface area contributed by atoms with Crippen molar-refractivity contribution >= 4 is 15.7 Å². The summed E-state index contributed by atoms with van der Waals surface area (Å²) in [5.74, 6) is 0.750. The molecule has 0 spiro atoms. The number of benzene rings is 1. The minimum absolute atomic E-state index is 0.0986. The predicted molar refractivity (Wildman–Crippen MR) is 89.6 cm³/mol. The molecule has 6 nitrogen and oxygen atoms in total. The third-order valence-electron chi connectivity index (χ3n) is 4.03. The van der Waals surface area contributed by atoms with Gasteiger partial charge in [-0.2, -0.15) is 0 Å². The number of methoxy groups -OCH3 is 1. The van der Waals surface area contributed by atoms with Gasteiger partial charge in [0, 0.05) is 37.5 Å². The Morgan fingerprint density at radius 1 is 1.35 bits per heavy atom. The van der Waals surface area contributed by atoms with E-state index in [9.17, 15) is 13.2 Å². The Kier molecular flexibility index (Phi) is 6.01. The van der Waals surface area contributed by atoms with Gasteiger partial charge in [0.2, 0.25) is 0 Å². The van der Waals surface area contributed by atoms with Crippen molar-refractivity contribution in [1.29, 1.82) is 0 Å². The minimum atomic E-state index is -2.92. The Morgan fingerprint density at radius 3 is 2.65 bits per heavy atom. The van der Waals surface area contributed by atoms with Crippen molar-refractivity contribution < 1.29 is 17.9 Å². The molecule has 1 fully saturated rings. The first-order chi connectivity index (χ1) is 10.9. The summed E-state index contributed by atoms with van der Waals surface area (Å²) in [6.07, 6.45) is 2.92. The van der Waals surface area contributed by atoms with Crippen molar-refractivity contribution in [3.63, 3.8) is 0 Å². The summed E-state index contributed by atoms with van der Waals surface area (Å²) in [6.45, 7) is 2.17. The highest BCUT2D eigenvalue weighted by molar-refractivity contribution is 7.90. The van der Waals surface area contributed by atoms with E-state index in [1.165, 1.54) is 6.26 Å². The zero-order chi connectivity index (χ0) is 16.9. The number of sulfone groups is 1. The summed E-state index contributed by atoms with van der Waals surface area (Å²) in [5.41, 5.74) is 0.587. The molecule has 1 aromatic carbocycles.